The van der Waals surface area contributed by atoms with Crippen molar-refractivity contribution in [3.8, 4) is 0 Å². The molecule has 1 aliphatic heterocycles. The minimum atomic E-state index is -3.94. The molecule has 7 nitrogen and oxygen atoms in total. The standard InChI is InChI=1S/C25H33N3O4S/c1-6-24(29)28-12-11-19-15-20(9-10-23(19)28)33(31,32)27-22(13-16(2)3)25(30)26-21-14-17(4)7-8-18(21)5/h7-10,14-16,22,27H,6,11-13H2,1-5H3,(H,26,30)/t22-/m0/s1. The lowest BCUT2D eigenvalue weighted by molar-refractivity contribution is -0.118. The summed E-state index contributed by atoms with van der Waals surface area (Å²) in [5.41, 5.74) is 4.16. The Kier molecular flexibility index (Phi) is 7.59. The van der Waals surface area contributed by atoms with Gasteiger partial charge in [-0.15, -0.1) is 0 Å². The lowest BCUT2D eigenvalue weighted by Crippen LogP contribution is -2.44. The average molecular weight is 472 g/mol. The first-order chi connectivity index (χ1) is 15.5. The normalized spacial score (nSPS) is 14.3. The molecule has 0 spiro atoms. The van der Waals surface area contributed by atoms with Gasteiger partial charge in [0.1, 0.15) is 6.04 Å². The molecular weight excluding hydrogens is 438 g/mol. The third kappa shape index (κ3) is 5.81. The molecule has 0 radical (unpaired) electrons. The maximum atomic E-state index is 13.2. The van der Waals surface area contributed by atoms with E-state index in [0.717, 1.165) is 22.4 Å². The number of nitrogens with zero attached hydrogens (tertiary/aromatic N) is 1. The molecule has 2 amide bonds. The summed E-state index contributed by atoms with van der Waals surface area (Å²) in [5.74, 6) is -0.264. The maximum absolute atomic E-state index is 13.2. The molecule has 2 aromatic rings. The molecule has 2 N–H and O–H groups in total. The van der Waals surface area contributed by atoms with Crippen LogP contribution in [0.2, 0.25) is 0 Å². The molecule has 0 saturated heterocycles. The first-order valence-corrected chi connectivity index (χ1v) is 12.8. The SMILES string of the molecule is CCC(=O)N1CCc2cc(S(=O)(=O)N[C@@H](CC(C)C)C(=O)Nc3cc(C)ccc3C)ccc21. The second-order valence-corrected chi connectivity index (χ2v) is 10.8. The highest BCUT2D eigenvalue weighted by molar-refractivity contribution is 7.89. The number of carbonyl (C=O) groups excluding carboxylic acids is 2. The summed E-state index contributed by atoms with van der Waals surface area (Å²) in [6, 6.07) is 9.62. The quantitative estimate of drug-likeness (QED) is 0.610. The molecule has 1 heterocycles. The first-order valence-electron chi connectivity index (χ1n) is 11.4. The number of benzene rings is 2. The highest BCUT2D eigenvalue weighted by Gasteiger charge is 2.29. The smallest absolute Gasteiger partial charge is 0.242 e. The summed E-state index contributed by atoms with van der Waals surface area (Å²) < 4.78 is 29.0. The topological polar surface area (TPSA) is 95.6 Å². The Labute approximate surface area is 196 Å². The predicted molar refractivity (Wildman–Crippen MR) is 131 cm³/mol. The molecule has 33 heavy (non-hydrogen) atoms. The number of aryl methyl sites for hydroxylation is 2. The van der Waals surface area contributed by atoms with E-state index in [1.54, 1.807) is 24.0 Å². The van der Waals surface area contributed by atoms with Crippen molar-refractivity contribution in [2.24, 2.45) is 5.92 Å². The number of anilines is 2. The third-order valence-corrected chi connectivity index (χ3v) is 7.30. The molecule has 178 valence electrons. The van der Waals surface area contributed by atoms with Crippen molar-refractivity contribution >= 4 is 33.2 Å². The molecule has 0 saturated carbocycles. The van der Waals surface area contributed by atoms with Gasteiger partial charge in [0, 0.05) is 24.3 Å². The van der Waals surface area contributed by atoms with Crippen LogP contribution < -0.4 is 14.9 Å². The van der Waals surface area contributed by atoms with Crippen LogP contribution in [0.5, 0.6) is 0 Å². The van der Waals surface area contributed by atoms with E-state index in [0.29, 0.717) is 31.5 Å². The van der Waals surface area contributed by atoms with Gasteiger partial charge in [-0.25, -0.2) is 8.42 Å². The van der Waals surface area contributed by atoms with Crippen LogP contribution in [0.25, 0.3) is 0 Å². The summed E-state index contributed by atoms with van der Waals surface area (Å²) in [6.45, 7) is 10.1. The Bertz CT molecular complexity index is 1160. The zero-order valence-corrected chi connectivity index (χ0v) is 20.8. The summed E-state index contributed by atoms with van der Waals surface area (Å²) in [6.07, 6.45) is 1.36. The number of hydrogen-bond acceptors (Lipinski definition) is 4. The Morgan fingerprint density at radius 3 is 2.48 bits per heavy atom. The Hall–Kier alpha value is -2.71. The number of carbonyl (C=O) groups is 2. The lowest BCUT2D eigenvalue weighted by atomic mass is 10.0. The fourth-order valence-electron chi connectivity index (χ4n) is 4.02. The molecule has 0 aliphatic carbocycles. The van der Waals surface area contributed by atoms with Crippen LogP contribution in [-0.2, 0) is 26.0 Å². The molecule has 1 atom stereocenters. The van der Waals surface area contributed by atoms with Crippen molar-refractivity contribution in [3.63, 3.8) is 0 Å². The fourth-order valence-corrected chi connectivity index (χ4v) is 5.28. The Balaban J connectivity index is 1.83. The van der Waals surface area contributed by atoms with Crippen molar-refractivity contribution in [2.45, 2.75) is 64.8 Å². The Morgan fingerprint density at radius 2 is 1.82 bits per heavy atom. The van der Waals surface area contributed by atoms with E-state index in [1.807, 2.05) is 45.9 Å². The zero-order valence-electron chi connectivity index (χ0n) is 19.9. The van der Waals surface area contributed by atoms with Gasteiger partial charge < -0.3 is 10.2 Å². The molecule has 1 aliphatic rings. The van der Waals surface area contributed by atoms with Crippen LogP contribution in [0.4, 0.5) is 11.4 Å². The van der Waals surface area contributed by atoms with E-state index in [9.17, 15) is 18.0 Å². The van der Waals surface area contributed by atoms with E-state index in [4.69, 9.17) is 0 Å². The number of rotatable bonds is 8. The van der Waals surface area contributed by atoms with Gasteiger partial charge in [0.25, 0.3) is 0 Å². The third-order valence-electron chi connectivity index (χ3n) is 5.83. The van der Waals surface area contributed by atoms with E-state index in [-0.39, 0.29) is 22.6 Å². The number of nitrogens with one attached hydrogen (secondary N) is 2. The Morgan fingerprint density at radius 1 is 1.09 bits per heavy atom. The zero-order chi connectivity index (χ0) is 24.3. The molecule has 3 rings (SSSR count). The number of fused-ring (bicyclic) bond motifs is 1. The van der Waals surface area contributed by atoms with Crippen LogP contribution in [0.15, 0.2) is 41.3 Å². The van der Waals surface area contributed by atoms with E-state index in [1.165, 1.54) is 6.07 Å². The average Bonchev–Trinajstić information content (AvgIpc) is 3.18. The minimum absolute atomic E-state index is 0.0163. The fraction of sp³-hybridized carbons (Fsp3) is 0.440. The predicted octanol–water partition coefficient (Wildman–Crippen LogP) is 3.93. The van der Waals surface area contributed by atoms with Gasteiger partial charge in [-0.3, -0.25) is 9.59 Å². The maximum Gasteiger partial charge on any atom is 0.242 e. The van der Waals surface area contributed by atoms with E-state index in [2.05, 4.69) is 10.0 Å². The number of hydrogen-bond donors (Lipinski definition) is 2. The highest BCUT2D eigenvalue weighted by atomic mass is 32.2. The summed E-state index contributed by atoms with van der Waals surface area (Å²) in [4.78, 5) is 27.0. The summed E-state index contributed by atoms with van der Waals surface area (Å²) >= 11 is 0. The molecule has 0 unspecified atom stereocenters. The van der Waals surface area contributed by atoms with Gasteiger partial charge in [0.2, 0.25) is 21.8 Å². The molecular formula is C25H33N3O4S. The number of amides is 2. The van der Waals surface area contributed by atoms with E-state index >= 15 is 0 Å². The van der Waals surface area contributed by atoms with Gasteiger partial charge in [0.05, 0.1) is 4.90 Å². The van der Waals surface area contributed by atoms with Crippen molar-refractivity contribution in [3.05, 3.63) is 53.1 Å². The second kappa shape index (κ2) is 10.1. The first kappa shape index (κ1) is 24.9. The highest BCUT2D eigenvalue weighted by Crippen LogP contribution is 2.31. The van der Waals surface area contributed by atoms with Crippen molar-refractivity contribution in [2.75, 3.05) is 16.8 Å². The van der Waals surface area contributed by atoms with Gasteiger partial charge in [0.15, 0.2) is 0 Å². The van der Waals surface area contributed by atoms with Crippen LogP contribution in [-0.4, -0.2) is 32.8 Å². The monoisotopic (exact) mass is 471 g/mol. The van der Waals surface area contributed by atoms with Gasteiger partial charge in [-0.05, 0) is 73.6 Å². The summed E-state index contributed by atoms with van der Waals surface area (Å²) in [7, 11) is -3.94. The summed E-state index contributed by atoms with van der Waals surface area (Å²) in [5, 5.41) is 2.89. The van der Waals surface area contributed by atoms with Gasteiger partial charge >= 0.3 is 0 Å². The molecule has 0 fully saturated rings. The molecule has 0 aromatic heterocycles. The van der Waals surface area contributed by atoms with Crippen LogP contribution in [0.3, 0.4) is 0 Å². The molecule has 2 aromatic carbocycles. The van der Waals surface area contributed by atoms with Crippen LogP contribution in [0.1, 0.15) is 50.3 Å². The number of sulfonamides is 1. The molecule has 0 bridgehead atoms. The largest absolute Gasteiger partial charge is 0.324 e. The molecule has 8 heteroatoms. The minimum Gasteiger partial charge on any atom is -0.324 e. The van der Waals surface area contributed by atoms with Gasteiger partial charge in [-0.1, -0.05) is 32.9 Å². The van der Waals surface area contributed by atoms with Crippen molar-refractivity contribution in [1.82, 2.24) is 4.72 Å². The second-order valence-electron chi connectivity index (χ2n) is 9.05. The van der Waals surface area contributed by atoms with Crippen LogP contribution in [0, 0.1) is 19.8 Å². The van der Waals surface area contributed by atoms with Crippen molar-refractivity contribution < 1.29 is 18.0 Å². The van der Waals surface area contributed by atoms with Gasteiger partial charge in [-0.2, -0.15) is 4.72 Å². The van der Waals surface area contributed by atoms with E-state index < -0.39 is 16.1 Å². The van der Waals surface area contributed by atoms with Crippen LogP contribution >= 0.6 is 0 Å². The van der Waals surface area contributed by atoms with Crippen molar-refractivity contribution in [1.29, 1.82) is 0 Å². The lowest BCUT2D eigenvalue weighted by Gasteiger charge is -2.21.